The molecule has 0 aromatic heterocycles. The number of hydrogen-bond donors (Lipinski definition) is 1. The molecule has 0 saturated heterocycles. The number of benzene rings is 1. The molecule has 0 bridgehead atoms. The summed E-state index contributed by atoms with van der Waals surface area (Å²) >= 11 is -1.85. The molecule has 122 valence electrons. The summed E-state index contributed by atoms with van der Waals surface area (Å²) in [6.45, 7) is 2.26. The van der Waals surface area contributed by atoms with E-state index < -0.39 is 11.1 Å². The van der Waals surface area contributed by atoms with Gasteiger partial charge in [0.15, 0.2) is 11.1 Å². The van der Waals surface area contributed by atoms with Crippen LogP contribution in [0.3, 0.4) is 0 Å². The Kier molecular flexibility index (Phi) is 15.1. The van der Waals surface area contributed by atoms with Gasteiger partial charge in [-0.2, -0.15) is 0 Å². The minimum Gasteiger partial charge on any atom is -1.00 e. The van der Waals surface area contributed by atoms with Crippen LogP contribution >= 0.6 is 0 Å². The molecule has 0 aliphatic carbocycles. The van der Waals surface area contributed by atoms with Gasteiger partial charge in [-0.25, -0.2) is 4.21 Å². The molecule has 2 nitrogen and oxygen atoms in total. The van der Waals surface area contributed by atoms with E-state index in [1.54, 1.807) is 12.1 Å². The molecule has 1 aromatic rings. The monoisotopic (exact) mass is 334 g/mol. The molecule has 1 aromatic carbocycles. The van der Waals surface area contributed by atoms with E-state index in [-0.39, 0.29) is 31.0 Å². The molecule has 0 heterocycles. The van der Waals surface area contributed by atoms with Gasteiger partial charge in [-0.1, -0.05) is 76.8 Å². The fraction of sp³-hybridized carbons (Fsp3) is 0.667. The third-order valence-corrected chi connectivity index (χ3v) is 4.62. The van der Waals surface area contributed by atoms with E-state index in [4.69, 9.17) is 4.55 Å². The Morgan fingerprint density at radius 1 is 0.864 bits per heavy atom. The van der Waals surface area contributed by atoms with Gasteiger partial charge in [-0.15, -0.1) is 0 Å². The van der Waals surface area contributed by atoms with Gasteiger partial charge in [0.25, 0.3) is 0 Å². The molecular weight excluding hydrogens is 303 g/mol. The van der Waals surface area contributed by atoms with Crippen LogP contribution in [0.5, 0.6) is 0 Å². The Hall–Kier alpha value is 0.330. The number of unbranched alkanes of at least 4 members (excludes halogenated alkanes) is 9. The second kappa shape index (κ2) is 14.9. The Bertz CT molecular complexity index is 399. The second-order valence-electron chi connectivity index (χ2n) is 5.83. The predicted octanol–water partition coefficient (Wildman–Crippen LogP) is 2.85. The van der Waals surface area contributed by atoms with Crippen molar-refractivity contribution in [2.24, 2.45) is 0 Å². The minimum absolute atomic E-state index is 0. The largest absolute Gasteiger partial charge is 1.00 e. The first-order valence-electron chi connectivity index (χ1n) is 8.44. The molecule has 1 rings (SSSR count). The van der Waals surface area contributed by atoms with Crippen LogP contribution in [0.4, 0.5) is 0 Å². The van der Waals surface area contributed by atoms with Crippen LogP contribution in [0, 0.1) is 0 Å². The summed E-state index contributed by atoms with van der Waals surface area (Å²) in [5.74, 6) is 0. The topological polar surface area (TPSA) is 37.3 Å². The van der Waals surface area contributed by atoms with Crippen molar-refractivity contribution < 1.29 is 39.7 Å². The Morgan fingerprint density at radius 2 is 1.32 bits per heavy atom. The van der Waals surface area contributed by atoms with E-state index in [1.807, 2.05) is 12.1 Å². The fourth-order valence-electron chi connectivity index (χ4n) is 2.59. The zero-order valence-electron chi connectivity index (χ0n) is 15.4. The van der Waals surface area contributed by atoms with Crippen molar-refractivity contribution in [2.45, 2.75) is 82.4 Å². The molecule has 0 radical (unpaired) electrons. The molecule has 1 atom stereocenters. The standard InChI is InChI=1S/C18H30O2S.Na.H/c1-2-3-4-5-6-7-8-9-10-11-12-17-13-15-18(16-14-17)21(19)20;;/h13-16H,2-12H2,1H3,(H,19,20);;/q;+1;-1. The predicted molar refractivity (Wildman–Crippen MR) is 92.1 cm³/mol. The first kappa shape index (κ1) is 22.3. The van der Waals surface area contributed by atoms with E-state index >= 15 is 0 Å². The van der Waals surface area contributed by atoms with Gasteiger partial charge < -0.3 is 5.98 Å². The summed E-state index contributed by atoms with van der Waals surface area (Å²) < 4.78 is 19.8. The smallest absolute Gasteiger partial charge is 1.00 e. The number of aryl methyl sites for hydroxylation is 1. The molecule has 0 spiro atoms. The van der Waals surface area contributed by atoms with Gasteiger partial charge in [0, 0.05) is 0 Å². The van der Waals surface area contributed by atoms with Crippen molar-refractivity contribution in [1.82, 2.24) is 0 Å². The van der Waals surface area contributed by atoms with E-state index in [0.29, 0.717) is 4.90 Å². The average molecular weight is 335 g/mol. The van der Waals surface area contributed by atoms with Crippen molar-refractivity contribution in [3.8, 4) is 0 Å². The molecule has 4 heteroatoms. The third-order valence-electron chi connectivity index (χ3n) is 3.94. The maximum absolute atomic E-state index is 10.9. The van der Waals surface area contributed by atoms with Gasteiger partial charge in [0.1, 0.15) is 0 Å². The third kappa shape index (κ3) is 11.0. The Balaban J connectivity index is 0. The Morgan fingerprint density at radius 3 is 1.77 bits per heavy atom. The summed E-state index contributed by atoms with van der Waals surface area (Å²) in [7, 11) is 0. The number of rotatable bonds is 12. The van der Waals surface area contributed by atoms with Gasteiger partial charge >= 0.3 is 29.6 Å². The normalized spacial score (nSPS) is 11.9. The molecule has 1 N–H and O–H groups in total. The quantitative estimate of drug-likeness (QED) is 0.363. The van der Waals surface area contributed by atoms with Crippen LogP contribution in [0.1, 0.15) is 78.1 Å². The first-order valence-corrected chi connectivity index (χ1v) is 9.54. The van der Waals surface area contributed by atoms with Crippen molar-refractivity contribution in [3.05, 3.63) is 29.8 Å². The maximum Gasteiger partial charge on any atom is 1.00 e. The van der Waals surface area contributed by atoms with Crippen LogP contribution in [-0.4, -0.2) is 8.76 Å². The molecule has 0 saturated carbocycles. The first-order chi connectivity index (χ1) is 10.2. The van der Waals surface area contributed by atoms with Crippen LogP contribution < -0.4 is 29.6 Å². The average Bonchev–Trinajstić information content (AvgIpc) is 2.49. The minimum atomic E-state index is -1.85. The zero-order valence-corrected chi connectivity index (χ0v) is 17.2. The molecule has 0 fully saturated rings. The fourth-order valence-corrected chi connectivity index (χ4v) is 2.96. The van der Waals surface area contributed by atoms with Gasteiger partial charge in [0.05, 0.1) is 4.90 Å². The summed E-state index contributed by atoms with van der Waals surface area (Å²) in [5.41, 5.74) is 1.27. The van der Waals surface area contributed by atoms with Crippen LogP contribution in [0.15, 0.2) is 29.2 Å². The molecular formula is C18H31NaO2S. The van der Waals surface area contributed by atoms with Gasteiger partial charge in [-0.3, -0.25) is 0 Å². The van der Waals surface area contributed by atoms with Gasteiger partial charge in [0.2, 0.25) is 0 Å². The zero-order chi connectivity index (χ0) is 15.3. The maximum atomic E-state index is 10.9. The van der Waals surface area contributed by atoms with Crippen molar-refractivity contribution in [3.63, 3.8) is 0 Å². The molecule has 22 heavy (non-hydrogen) atoms. The second-order valence-corrected chi connectivity index (χ2v) is 6.79. The van der Waals surface area contributed by atoms with E-state index in [2.05, 4.69) is 6.92 Å². The Labute approximate surface area is 162 Å². The molecule has 0 aliphatic heterocycles. The molecule has 0 aliphatic rings. The number of hydrogen-bond acceptors (Lipinski definition) is 1. The van der Waals surface area contributed by atoms with E-state index in [0.717, 1.165) is 6.42 Å². The van der Waals surface area contributed by atoms with Crippen LogP contribution in [0.25, 0.3) is 0 Å². The summed E-state index contributed by atoms with van der Waals surface area (Å²) in [6.07, 6.45) is 14.6. The van der Waals surface area contributed by atoms with Crippen molar-refractivity contribution in [2.75, 3.05) is 0 Å². The summed E-state index contributed by atoms with van der Waals surface area (Å²) in [4.78, 5) is 0.488. The van der Waals surface area contributed by atoms with Crippen LogP contribution in [0.2, 0.25) is 0 Å². The molecule has 1 unspecified atom stereocenters. The van der Waals surface area contributed by atoms with Gasteiger partial charge in [-0.05, 0) is 30.5 Å². The summed E-state index contributed by atoms with van der Waals surface area (Å²) in [6, 6.07) is 7.44. The van der Waals surface area contributed by atoms with Crippen LogP contribution in [-0.2, 0) is 17.5 Å². The SMILES string of the molecule is CCCCCCCCCCCCc1ccc(S(=O)O)cc1.[H-].[Na+]. The summed E-state index contributed by atoms with van der Waals surface area (Å²) in [5, 5.41) is 0. The van der Waals surface area contributed by atoms with Crippen molar-refractivity contribution >= 4 is 11.1 Å². The van der Waals surface area contributed by atoms with Crippen molar-refractivity contribution in [1.29, 1.82) is 0 Å². The molecule has 0 amide bonds. The van der Waals surface area contributed by atoms with E-state index in [9.17, 15) is 4.21 Å². The van der Waals surface area contributed by atoms with E-state index in [1.165, 1.54) is 69.8 Å².